The fourth-order valence-corrected chi connectivity index (χ4v) is 2.83. The zero-order chi connectivity index (χ0) is 17.9. The summed E-state index contributed by atoms with van der Waals surface area (Å²) in [5, 5.41) is 13.9. The van der Waals surface area contributed by atoms with Crippen LogP contribution in [0.3, 0.4) is 0 Å². The van der Waals surface area contributed by atoms with Gasteiger partial charge in [0.15, 0.2) is 0 Å². The van der Waals surface area contributed by atoms with E-state index >= 15 is 0 Å². The lowest BCUT2D eigenvalue weighted by Crippen LogP contribution is -2.52. The SMILES string of the molecule is COc1ccc(NC(=O)[C@H](C)N2C[C@@H](C)O[C@H](C)C2)c([N+](=O)[O-])c1. The van der Waals surface area contributed by atoms with Crippen LogP contribution in [-0.2, 0) is 9.53 Å². The summed E-state index contributed by atoms with van der Waals surface area (Å²) in [7, 11) is 1.43. The van der Waals surface area contributed by atoms with E-state index in [9.17, 15) is 14.9 Å². The number of carbonyl (C=O) groups is 1. The molecule has 1 aromatic rings. The highest BCUT2D eigenvalue weighted by Crippen LogP contribution is 2.29. The molecule has 8 heteroatoms. The smallest absolute Gasteiger partial charge is 0.296 e. The van der Waals surface area contributed by atoms with Crippen molar-refractivity contribution < 1.29 is 19.2 Å². The summed E-state index contributed by atoms with van der Waals surface area (Å²) in [6.45, 7) is 6.99. The maximum Gasteiger partial charge on any atom is 0.296 e. The maximum atomic E-state index is 12.5. The molecule has 1 aromatic carbocycles. The maximum absolute atomic E-state index is 12.5. The molecule has 0 bridgehead atoms. The number of benzene rings is 1. The van der Waals surface area contributed by atoms with E-state index in [0.29, 0.717) is 18.8 Å². The molecule has 0 unspecified atom stereocenters. The van der Waals surface area contributed by atoms with E-state index < -0.39 is 11.0 Å². The number of carbonyl (C=O) groups excluding carboxylic acids is 1. The van der Waals surface area contributed by atoms with Crippen LogP contribution in [0.25, 0.3) is 0 Å². The molecule has 1 saturated heterocycles. The van der Waals surface area contributed by atoms with Crippen molar-refractivity contribution in [2.24, 2.45) is 0 Å². The van der Waals surface area contributed by atoms with Gasteiger partial charge in [0, 0.05) is 13.1 Å². The minimum Gasteiger partial charge on any atom is -0.496 e. The second-order valence-electron chi connectivity index (χ2n) is 6.02. The van der Waals surface area contributed by atoms with Gasteiger partial charge in [-0.15, -0.1) is 0 Å². The van der Waals surface area contributed by atoms with Crippen molar-refractivity contribution in [3.8, 4) is 5.75 Å². The number of nitrogens with one attached hydrogen (secondary N) is 1. The molecule has 0 aliphatic carbocycles. The number of methoxy groups -OCH3 is 1. The molecule has 24 heavy (non-hydrogen) atoms. The molecule has 3 atom stereocenters. The van der Waals surface area contributed by atoms with Crippen LogP contribution in [0.4, 0.5) is 11.4 Å². The first-order valence-electron chi connectivity index (χ1n) is 7.84. The van der Waals surface area contributed by atoms with Gasteiger partial charge in [-0.3, -0.25) is 19.8 Å². The van der Waals surface area contributed by atoms with Crippen LogP contribution >= 0.6 is 0 Å². The van der Waals surface area contributed by atoms with Crippen LogP contribution in [0.2, 0.25) is 0 Å². The number of anilines is 1. The molecule has 0 radical (unpaired) electrons. The molecular weight excluding hydrogens is 314 g/mol. The number of ether oxygens (including phenoxy) is 2. The Balaban J connectivity index is 2.12. The lowest BCUT2D eigenvalue weighted by atomic mass is 10.1. The van der Waals surface area contributed by atoms with Gasteiger partial charge in [-0.1, -0.05) is 0 Å². The van der Waals surface area contributed by atoms with E-state index in [1.807, 2.05) is 18.7 Å². The van der Waals surface area contributed by atoms with Crippen molar-refractivity contribution in [3.63, 3.8) is 0 Å². The van der Waals surface area contributed by atoms with Crippen molar-refractivity contribution in [1.29, 1.82) is 0 Å². The number of nitro benzene ring substituents is 1. The van der Waals surface area contributed by atoms with Gasteiger partial charge in [0.1, 0.15) is 11.4 Å². The summed E-state index contributed by atoms with van der Waals surface area (Å²) in [6.07, 6.45) is 0.0821. The fraction of sp³-hybridized carbons (Fsp3) is 0.562. The van der Waals surface area contributed by atoms with Crippen molar-refractivity contribution in [2.45, 2.75) is 39.0 Å². The first-order valence-corrected chi connectivity index (χ1v) is 7.84. The third-order valence-corrected chi connectivity index (χ3v) is 4.03. The summed E-state index contributed by atoms with van der Waals surface area (Å²) in [6, 6.07) is 3.93. The van der Waals surface area contributed by atoms with Gasteiger partial charge in [-0.05, 0) is 32.9 Å². The molecule has 8 nitrogen and oxygen atoms in total. The van der Waals surface area contributed by atoms with E-state index in [4.69, 9.17) is 9.47 Å². The summed E-state index contributed by atoms with van der Waals surface area (Å²) in [4.78, 5) is 25.2. The van der Waals surface area contributed by atoms with E-state index in [2.05, 4.69) is 5.32 Å². The molecule has 1 aliphatic heterocycles. The lowest BCUT2D eigenvalue weighted by Gasteiger charge is -2.38. The highest BCUT2D eigenvalue weighted by Gasteiger charge is 2.30. The third-order valence-electron chi connectivity index (χ3n) is 4.03. The Labute approximate surface area is 140 Å². The average Bonchev–Trinajstić information content (AvgIpc) is 2.53. The summed E-state index contributed by atoms with van der Waals surface area (Å²) in [5.41, 5.74) is -0.0365. The Kier molecular flexibility index (Phi) is 5.74. The quantitative estimate of drug-likeness (QED) is 0.653. The molecule has 1 heterocycles. The third kappa shape index (κ3) is 4.21. The fourth-order valence-electron chi connectivity index (χ4n) is 2.83. The van der Waals surface area contributed by atoms with Gasteiger partial charge in [-0.25, -0.2) is 0 Å². The number of rotatable bonds is 5. The molecule has 1 N–H and O–H groups in total. The largest absolute Gasteiger partial charge is 0.496 e. The van der Waals surface area contributed by atoms with Crippen molar-refractivity contribution in [3.05, 3.63) is 28.3 Å². The second kappa shape index (κ2) is 7.59. The Bertz CT molecular complexity index is 612. The number of hydrogen-bond acceptors (Lipinski definition) is 6. The lowest BCUT2D eigenvalue weighted by molar-refractivity contribution is -0.384. The van der Waals surface area contributed by atoms with Crippen LogP contribution in [0, 0.1) is 10.1 Å². The molecule has 1 aliphatic rings. The van der Waals surface area contributed by atoms with Gasteiger partial charge in [0.25, 0.3) is 5.69 Å². The van der Waals surface area contributed by atoms with Crippen LogP contribution in [0.1, 0.15) is 20.8 Å². The molecule has 2 rings (SSSR count). The Hall–Kier alpha value is -2.19. The van der Waals surface area contributed by atoms with Crippen LogP contribution in [-0.4, -0.2) is 54.2 Å². The van der Waals surface area contributed by atoms with Crippen LogP contribution in [0.15, 0.2) is 18.2 Å². The average molecular weight is 337 g/mol. The predicted molar refractivity (Wildman–Crippen MR) is 89.3 cm³/mol. The first kappa shape index (κ1) is 18.2. The minimum absolute atomic E-state index is 0.0410. The first-order chi connectivity index (χ1) is 11.3. The standard InChI is InChI=1S/C16H23N3O5/c1-10-8-18(9-11(2)24-10)12(3)16(20)17-14-6-5-13(23-4)7-15(14)19(21)22/h5-7,10-12H,8-9H2,1-4H3,(H,17,20)/t10-,11-,12+/m1/s1. The molecule has 1 amide bonds. The molecule has 132 valence electrons. The van der Waals surface area contributed by atoms with Crippen molar-refractivity contribution in [1.82, 2.24) is 4.90 Å². The van der Waals surface area contributed by atoms with E-state index in [1.165, 1.54) is 19.2 Å². The zero-order valence-electron chi connectivity index (χ0n) is 14.3. The number of morpholine rings is 1. The van der Waals surface area contributed by atoms with Gasteiger partial charge >= 0.3 is 0 Å². The number of amides is 1. The van der Waals surface area contributed by atoms with E-state index in [1.54, 1.807) is 13.0 Å². The number of nitro groups is 1. The molecule has 0 aromatic heterocycles. The normalized spacial score (nSPS) is 22.7. The van der Waals surface area contributed by atoms with Gasteiger partial charge in [0.05, 0.1) is 36.3 Å². The van der Waals surface area contributed by atoms with Crippen molar-refractivity contribution in [2.75, 3.05) is 25.5 Å². The topological polar surface area (TPSA) is 93.9 Å². The van der Waals surface area contributed by atoms with Crippen LogP contribution in [0.5, 0.6) is 5.75 Å². The minimum atomic E-state index is -0.540. The molecular formula is C16H23N3O5. The number of hydrogen-bond donors (Lipinski definition) is 1. The monoisotopic (exact) mass is 337 g/mol. The van der Waals surface area contributed by atoms with Gasteiger partial charge in [0.2, 0.25) is 5.91 Å². The molecule has 0 saturated carbocycles. The van der Waals surface area contributed by atoms with Gasteiger partial charge in [-0.2, -0.15) is 0 Å². The predicted octanol–water partition coefficient (Wildman–Crippen LogP) is 2.04. The second-order valence-corrected chi connectivity index (χ2v) is 6.02. The van der Waals surface area contributed by atoms with Crippen molar-refractivity contribution >= 4 is 17.3 Å². The summed E-state index contributed by atoms with van der Waals surface area (Å²) >= 11 is 0. The summed E-state index contributed by atoms with van der Waals surface area (Å²) < 4.78 is 10.7. The highest BCUT2D eigenvalue weighted by atomic mass is 16.6. The Morgan fingerprint density at radius 3 is 2.58 bits per heavy atom. The zero-order valence-corrected chi connectivity index (χ0v) is 14.3. The Morgan fingerprint density at radius 2 is 2.04 bits per heavy atom. The number of nitrogens with zero attached hydrogens (tertiary/aromatic N) is 2. The molecule has 0 spiro atoms. The highest BCUT2D eigenvalue weighted by molar-refractivity contribution is 5.96. The Morgan fingerprint density at radius 1 is 1.42 bits per heavy atom. The van der Waals surface area contributed by atoms with E-state index in [0.717, 1.165) is 0 Å². The van der Waals surface area contributed by atoms with Crippen LogP contribution < -0.4 is 10.1 Å². The summed E-state index contributed by atoms with van der Waals surface area (Å²) in [5.74, 6) is 0.0770. The van der Waals surface area contributed by atoms with Gasteiger partial charge < -0.3 is 14.8 Å². The van der Waals surface area contributed by atoms with E-state index in [-0.39, 0.29) is 29.5 Å². The molecule has 1 fully saturated rings.